The molecule has 27 heavy (non-hydrogen) atoms. The zero-order valence-electron chi connectivity index (χ0n) is 15.4. The number of methoxy groups -OCH3 is 2. The van der Waals surface area contributed by atoms with Gasteiger partial charge in [-0.3, -0.25) is 10.1 Å². The normalized spacial score (nSPS) is 14.4. The van der Waals surface area contributed by atoms with Crippen LogP contribution in [-0.2, 0) is 7.05 Å². The molecule has 0 atom stereocenters. The van der Waals surface area contributed by atoms with Crippen molar-refractivity contribution in [2.45, 2.75) is 18.8 Å². The number of halogens is 2. The lowest BCUT2D eigenvalue weighted by Crippen LogP contribution is -2.27. The zero-order chi connectivity index (χ0) is 18.7. The monoisotopic (exact) mass is 399 g/mol. The van der Waals surface area contributed by atoms with E-state index in [2.05, 4.69) is 20.7 Å². The number of amides is 1. The van der Waals surface area contributed by atoms with Crippen LogP contribution in [0.3, 0.4) is 0 Å². The third-order valence-corrected chi connectivity index (χ3v) is 4.43. The van der Waals surface area contributed by atoms with Gasteiger partial charge in [-0.15, -0.1) is 12.4 Å². The highest BCUT2D eigenvalue weighted by Gasteiger charge is 2.23. The molecule has 1 aromatic heterocycles. The first-order valence-electron chi connectivity index (χ1n) is 8.38. The van der Waals surface area contributed by atoms with Crippen LogP contribution >= 0.6 is 12.4 Å². The van der Waals surface area contributed by atoms with Crippen LogP contribution in [0.15, 0.2) is 12.1 Å². The second-order valence-electron chi connectivity index (χ2n) is 6.08. The van der Waals surface area contributed by atoms with E-state index >= 15 is 0 Å². The minimum absolute atomic E-state index is 0. The molecular weight excluding hydrogens is 377 g/mol. The summed E-state index contributed by atoms with van der Waals surface area (Å²) in [4.78, 5) is 16.9. The van der Waals surface area contributed by atoms with Crippen molar-refractivity contribution in [3.63, 3.8) is 0 Å². The van der Waals surface area contributed by atoms with E-state index in [1.165, 1.54) is 25.0 Å². The van der Waals surface area contributed by atoms with Crippen molar-refractivity contribution in [3.05, 3.63) is 29.3 Å². The quantitative estimate of drug-likeness (QED) is 0.800. The lowest BCUT2D eigenvalue weighted by Gasteiger charge is -2.19. The molecule has 0 bridgehead atoms. The molecule has 0 spiro atoms. The van der Waals surface area contributed by atoms with Gasteiger partial charge >= 0.3 is 0 Å². The van der Waals surface area contributed by atoms with E-state index in [1.54, 1.807) is 7.05 Å². The smallest absolute Gasteiger partial charge is 0.261 e. The number of benzene rings is 1. The van der Waals surface area contributed by atoms with E-state index in [-0.39, 0.29) is 41.3 Å². The zero-order valence-corrected chi connectivity index (χ0v) is 16.2. The van der Waals surface area contributed by atoms with Crippen LogP contribution in [0.2, 0.25) is 0 Å². The molecule has 10 heteroatoms. The molecule has 1 amide bonds. The van der Waals surface area contributed by atoms with Crippen LogP contribution in [0.25, 0.3) is 0 Å². The maximum Gasteiger partial charge on any atom is 0.261 e. The van der Waals surface area contributed by atoms with Gasteiger partial charge in [0, 0.05) is 19.0 Å². The average Bonchev–Trinajstić information content (AvgIpc) is 3.02. The van der Waals surface area contributed by atoms with Crippen LogP contribution in [-0.4, -0.2) is 48.0 Å². The fourth-order valence-corrected chi connectivity index (χ4v) is 2.96. The molecule has 1 fully saturated rings. The highest BCUT2D eigenvalue weighted by Crippen LogP contribution is 2.30. The number of hydrogen-bond acceptors (Lipinski definition) is 6. The molecule has 0 saturated carbocycles. The Morgan fingerprint density at radius 1 is 1.26 bits per heavy atom. The number of piperidine rings is 1. The number of ether oxygens (including phenoxy) is 2. The fourth-order valence-electron chi connectivity index (χ4n) is 2.96. The molecule has 0 aliphatic carbocycles. The number of nitrogens with zero attached hydrogens (tertiary/aromatic N) is 3. The molecule has 1 aliphatic heterocycles. The van der Waals surface area contributed by atoms with Gasteiger partial charge in [-0.1, -0.05) is 0 Å². The Balaban J connectivity index is 0.00000261. The molecule has 148 valence electrons. The van der Waals surface area contributed by atoms with Gasteiger partial charge in [-0.2, -0.15) is 10.1 Å². The Morgan fingerprint density at radius 3 is 2.52 bits per heavy atom. The summed E-state index contributed by atoms with van der Waals surface area (Å²) in [5, 5.41) is 10.3. The number of aryl methyl sites for hydroxylation is 1. The van der Waals surface area contributed by atoms with Crippen LogP contribution < -0.4 is 20.1 Å². The largest absolute Gasteiger partial charge is 0.493 e. The molecule has 2 heterocycles. The van der Waals surface area contributed by atoms with Crippen molar-refractivity contribution in [3.8, 4) is 11.5 Å². The number of aromatic nitrogens is 3. The van der Waals surface area contributed by atoms with Gasteiger partial charge in [0.2, 0.25) is 5.95 Å². The van der Waals surface area contributed by atoms with Crippen molar-refractivity contribution in [2.75, 3.05) is 32.6 Å². The van der Waals surface area contributed by atoms with Crippen LogP contribution in [0.1, 0.15) is 34.9 Å². The third kappa shape index (κ3) is 4.48. The van der Waals surface area contributed by atoms with Gasteiger partial charge in [0.1, 0.15) is 5.82 Å². The molecule has 8 nitrogen and oxygen atoms in total. The maximum absolute atomic E-state index is 14.3. The van der Waals surface area contributed by atoms with Crippen molar-refractivity contribution in [2.24, 2.45) is 7.05 Å². The molecule has 0 radical (unpaired) electrons. The van der Waals surface area contributed by atoms with Crippen molar-refractivity contribution >= 4 is 24.3 Å². The Labute approximate surface area is 162 Å². The molecule has 3 rings (SSSR count). The topological polar surface area (TPSA) is 90.3 Å². The second-order valence-corrected chi connectivity index (χ2v) is 6.08. The second kappa shape index (κ2) is 9.01. The fraction of sp³-hybridized carbons (Fsp3) is 0.471. The lowest BCUT2D eigenvalue weighted by molar-refractivity contribution is 0.102. The van der Waals surface area contributed by atoms with Crippen LogP contribution in [0.5, 0.6) is 11.5 Å². The van der Waals surface area contributed by atoms with E-state index in [9.17, 15) is 9.18 Å². The molecule has 1 saturated heterocycles. The van der Waals surface area contributed by atoms with E-state index in [4.69, 9.17) is 9.47 Å². The van der Waals surface area contributed by atoms with Crippen molar-refractivity contribution in [1.82, 2.24) is 20.1 Å². The summed E-state index contributed by atoms with van der Waals surface area (Å²) in [6.45, 7) is 1.84. The number of hydrogen-bond donors (Lipinski definition) is 2. The first kappa shape index (κ1) is 20.9. The lowest BCUT2D eigenvalue weighted by atomic mass is 9.98. The molecule has 2 N–H and O–H groups in total. The minimum Gasteiger partial charge on any atom is -0.493 e. The Kier molecular flexibility index (Phi) is 6.98. The van der Waals surface area contributed by atoms with Gasteiger partial charge in [-0.25, -0.2) is 9.07 Å². The maximum atomic E-state index is 14.3. The highest BCUT2D eigenvalue weighted by molar-refractivity contribution is 6.04. The SMILES string of the molecule is COc1cc(F)c(C(=O)Nc2nc(C3CCNCC3)nn2C)cc1OC.Cl. The Morgan fingerprint density at radius 2 is 1.89 bits per heavy atom. The highest BCUT2D eigenvalue weighted by atomic mass is 35.5. The number of carbonyl (C=O) groups is 1. The summed E-state index contributed by atoms with van der Waals surface area (Å²) in [5.41, 5.74) is -0.158. The summed E-state index contributed by atoms with van der Waals surface area (Å²) < 4.78 is 25.9. The number of anilines is 1. The molecule has 1 aromatic carbocycles. The first-order valence-corrected chi connectivity index (χ1v) is 8.38. The van der Waals surface area contributed by atoms with E-state index < -0.39 is 11.7 Å². The third-order valence-electron chi connectivity index (χ3n) is 4.43. The number of rotatable bonds is 5. The molecule has 0 unspecified atom stereocenters. The Bertz CT molecular complexity index is 808. The summed E-state index contributed by atoms with van der Waals surface area (Å²) >= 11 is 0. The molecule has 1 aliphatic rings. The number of nitrogens with one attached hydrogen (secondary N) is 2. The summed E-state index contributed by atoms with van der Waals surface area (Å²) in [7, 11) is 4.52. The van der Waals surface area contributed by atoms with Gasteiger partial charge in [0.05, 0.1) is 19.8 Å². The molecule has 2 aromatic rings. The summed E-state index contributed by atoms with van der Waals surface area (Å²) in [6, 6.07) is 2.42. The average molecular weight is 400 g/mol. The van der Waals surface area contributed by atoms with Gasteiger partial charge < -0.3 is 14.8 Å². The standard InChI is InChI=1S/C17H22FN5O3.ClH/c1-23-17(20-15(22-23)10-4-6-19-7-5-10)21-16(24)11-8-13(25-2)14(26-3)9-12(11)18;/h8-10,19H,4-7H2,1-3H3,(H,20,21,22,24);1H. The van der Waals surface area contributed by atoms with Gasteiger partial charge in [0.15, 0.2) is 17.3 Å². The van der Waals surface area contributed by atoms with E-state index in [1.807, 2.05) is 0 Å². The van der Waals surface area contributed by atoms with Crippen molar-refractivity contribution in [1.29, 1.82) is 0 Å². The summed E-state index contributed by atoms with van der Waals surface area (Å²) in [6.07, 6.45) is 1.89. The van der Waals surface area contributed by atoms with E-state index in [0.717, 1.165) is 32.0 Å². The molecular formula is C17H23ClFN5O3. The van der Waals surface area contributed by atoms with Gasteiger partial charge in [-0.05, 0) is 32.0 Å². The summed E-state index contributed by atoms with van der Waals surface area (Å²) in [5.74, 6) is 0.373. The predicted molar refractivity (Wildman–Crippen MR) is 101 cm³/mol. The van der Waals surface area contributed by atoms with Crippen molar-refractivity contribution < 1.29 is 18.7 Å². The minimum atomic E-state index is -0.708. The van der Waals surface area contributed by atoms with Crippen LogP contribution in [0.4, 0.5) is 10.3 Å². The Hall–Kier alpha value is -2.39. The van der Waals surface area contributed by atoms with E-state index in [0.29, 0.717) is 5.82 Å². The van der Waals surface area contributed by atoms with Crippen LogP contribution in [0, 0.1) is 5.82 Å². The first-order chi connectivity index (χ1) is 12.5. The predicted octanol–water partition coefficient (Wildman–Crippen LogP) is 2.11. The number of carbonyl (C=O) groups excluding carboxylic acids is 1. The van der Waals surface area contributed by atoms with Gasteiger partial charge in [0.25, 0.3) is 5.91 Å².